The fourth-order valence-electron chi connectivity index (χ4n) is 3.09. The van der Waals surface area contributed by atoms with Gasteiger partial charge in [-0.1, -0.05) is 12.1 Å². The molecule has 0 bridgehead atoms. The molecule has 1 aromatic rings. The van der Waals surface area contributed by atoms with Crippen molar-refractivity contribution in [2.45, 2.75) is 25.7 Å². The van der Waals surface area contributed by atoms with Crippen molar-refractivity contribution >= 4 is 11.8 Å². The summed E-state index contributed by atoms with van der Waals surface area (Å²) in [6.07, 6.45) is 1.01. The Bertz CT molecular complexity index is 535. The highest BCUT2D eigenvalue weighted by atomic mass is 16.5. The zero-order valence-electron chi connectivity index (χ0n) is 10.8. The Hall–Kier alpha value is -1.84. The molecule has 1 aliphatic carbocycles. The standard InChI is InChI=1S/C15H16O4/c1-2-18-15(17)11-8-12(16)10-4-3-5-13-14(10)9(11)6-7-19-13/h3-5,9,11H,2,6-8H2,1H3. The van der Waals surface area contributed by atoms with Crippen LogP contribution in [0.4, 0.5) is 0 Å². The van der Waals surface area contributed by atoms with Crippen LogP contribution in [0.15, 0.2) is 18.2 Å². The molecule has 19 heavy (non-hydrogen) atoms. The molecule has 0 saturated carbocycles. The number of carbonyl (C=O) groups is 2. The minimum atomic E-state index is -0.356. The van der Waals surface area contributed by atoms with Gasteiger partial charge < -0.3 is 9.47 Å². The third-order valence-electron chi connectivity index (χ3n) is 3.90. The maximum Gasteiger partial charge on any atom is 0.310 e. The maximum absolute atomic E-state index is 12.2. The summed E-state index contributed by atoms with van der Waals surface area (Å²) in [6.45, 7) is 2.72. The number of rotatable bonds is 2. The lowest BCUT2D eigenvalue weighted by Crippen LogP contribution is -2.35. The van der Waals surface area contributed by atoms with E-state index in [0.717, 1.165) is 17.7 Å². The average Bonchev–Trinajstić information content (AvgIpc) is 2.43. The Morgan fingerprint density at radius 2 is 2.32 bits per heavy atom. The van der Waals surface area contributed by atoms with E-state index in [-0.39, 0.29) is 30.0 Å². The normalized spacial score (nSPS) is 24.4. The number of hydrogen-bond acceptors (Lipinski definition) is 4. The predicted octanol–water partition coefficient (Wildman–Crippen LogP) is 2.32. The molecule has 2 unspecified atom stereocenters. The van der Waals surface area contributed by atoms with Gasteiger partial charge in [-0.25, -0.2) is 0 Å². The lowest BCUT2D eigenvalue weighted by atomic mass is 9.72. The van der Waals surface area contributed by atoms with Crippen LogP contribution >= 0.6 is 0 Å². The number of esters is 1. The fraction of sp³-hybridized carbons (Fsp3) is 0.467. The first kappa shape index (κ1) is 12.2. The van der Waals surface area contributed by atoms with Crippen molar-refractivity contribution in [3.63, 3.8) is 0 Å². The van der Waals surface area contributed by atoms with Crippen molar-refractivity contribution in [1.82, 2.24) is 0 Å². The molecule has 3 rings (SSSR count). The van der Waals surface area contributed by atoms with Crippen LogP contribution < -0.4 is 4.74 Å². The summed E-state index contributed by atoms with van der Waals surface area (Å²) in [6, 6.07) is 5.52. The highest BCUT2D eigenvalue weighted by molar-refractivity contribution is 6.02. The van der Waals surface area contributed by atoms with Crippen LogP contribution in [0.3, 0.4) is 0 Å². The molecule has 0 amide bonds. The van der Waals surface area contributed by atoms with Gasteiger partial charge in [0.1, 0.15) is 5.75 Å². The van der Waals surface area contributed by atoms with Crippen molar-refractivity contribution in [3.05, 3.63) is 29.3 Å². The van der Waals surface area contributed by atoms with Crippen molar-refractivity contribution in [2.24, 2.45) is 5.92 Å². The molecule has 0 spiro atoms. The average molecular weight is 260 g/mol. The van der Waals surface area contributed by atoms with E-state index in [4.69, 9.17) is 9.47 Å². The van der Waals surface area contributed by atoms with Crippen molar-refractivity contribution < 1.29 is 19.1 Å². The summed E-state index contributed by atoms with van der Waals surface area (Å²) in [7, 11) is 0. The number of carbonyl (C=O) groups excluding carboxylic acids is 2. The smallest absolute Gasteiger partial charge is 0.310 e. The highest BCUT2D eigenvalue weighted by Gasteiger charge is 2.42. The van der Waals surface area contributed by atoms with E-state index in [0.29, 0.717) is 18.8 Å². The van der Waals surface area contributed by atoms with Crippen LogP contribution in [0.5, 0.6) is 5.75 Å². The maximum atomic E-state index is 12.2. The minimum Gasteiger partial charge on any atom is -0.493 e. The molecule has 1 heterocycles. The Balaban J connectivity index is 2.04. The second-order valence-corrected chi connectivity index (χ2v) is 4.95. The zero-order valence-corrected chi connectivity index (χ0v) is 10.8. The topological polar surface area (TPSA) is 52.6 Å². The van der Waals surface area contributed by atoms with Crippen LogP contribution in [0.25, 0.3) is 0 Å². The molecule has 1 aromatic carbocycles. The molecule has 0 radical (unpaired) electrons. The second-order valence-electron chi connectivity index (χ2n) is 4.95. The third-order valence-corrected chi connectivity index (χ3v) is 3.90. The summed E-state index contributed by atoms with van der Waals surface area (Å²) in [5.74, 6) is 0.192. The van der Waals surface area contributed by atoms with Crippen LogP contribution in [0.2, 0.25) is 0 Å². The zero-order chi connectivity index (χ0) is 13.4. The van der Waals surface area contributed by atoms with E-state index in [1.807, 2.05) is 18.2 Å². The van der Waals surface area contributed by atoms with Gasteiger partial charge in [-0.15, -0.1) is 0 Å². The first-order valence-corrected chi connectivity index (χ1v) is 6.68. The summed E-state index contributed by atoms with van der Waals surface area (Å²) >= 11 is 0. The molecular weight excluding hydrogens is 244 g/mol. The summed E-state index contributed by atoms with van der Waals surface area (Å²) in [5.41, 5.74) is 1.62. The van der Waals surface area contributed by atoms with Crippen molar-refractivity contribution in [1.29, 1.82) is 0 Å². The molecule has 4 heteroatoms. The Morgan fingerprint density at radius 3 is 3.11 bits per heavy atom. The summed E-state index contributed by atoms with van der Waals surface area (Å²) in [4.78, 5) is 24.2. The van der Waals surface area contributed by atoms with E-state index in [1.54, 1.807) is 6.92 Å². The minimum absolute atomic E-state index is 0.0108. The van der Waals surface area contributed by atoms with Gasteiger partial charge >= 0.3 is 5.97 Å². The highest BCUT2D eigenvalue weighted by Crippen LogP contribution is 2.46. The SMILES string of the molecule is CCOC(=O)C1CC(=O)c2cccc3c2C1CCO3. The largest absolute Gasteiger partial charge is 0.493 e. The van der Waals surface area contributed by atoms with Gasteiger partial charge in [-0.05, 0) is 19.4 Å². The van der Waals surface area contributed by atoms with Crippen LogP contribution in [-0.4, -0.2) is 25.0 Å². The van der Waals surface area contributed by atoms with Crippen LogP contribution in [0, 0.1) is 5.92 Å². The molecule has 0 fully saturated rings. The molecule has 100 valence electrons. The predicted molar refractivity (Wildman–Crippen MR) is 68.4 cm³/mol. The number of ether oxygens (including phenoxy) is 2. The van der Waals surface area contributed by atoms with E-state index in [9.17, 15) is 9.59 Å². The van der Waals surface area contributed by atoms with Gasteiger partial charge in [0, 0.05) is 23.5 Å². The Morgan fingerprint density at radius 1 is 1.47 bits per heavy atom. The third kappa shape index (κ3) is 1.91. The lowest BCUT2D eigenvalue weighted by Gasteiger charge is -2.35. The molecule has 2 atom stereocenters. The van der Waals surface area contributed by atoms with Gasteiger partial charge in [0.05, 0.1) is 19.1 Å². The molecule has 0 saturated heterocycles. The quantitative estimate of drug-likeness (QED) is 0.766. The molecular formula is C15H16O4. The van der Waals surface area contributed by atoms with Crippen LogP contribution in [-0.2, 0) is 9.53 Å². The lowest BCUT2D eigenvalue weighted by molar-refractivity contribution is -0.149. The summed E-state index contributed by atoms with van der Waals surface area (Å²) < 4.78 is 10.7. The summed E-state index contributed by atoms with van der Waals surface area (Å²) in [5, 5.41) is 0. The monoisotopic (exact) mass is 260 g/mol. The Labute approximate surface area is 111 Å². The van der Waals surface area contributed by atoms with E-state index >= 15 is 0 Å². The molecule has 0 N–H and O–H groups in total. The first-order valence-electron chi connectivity index (χ1n) is 6.68. The molecule has 2 aliphatic rings. The molecule has 4 nitrogen and oxygen atoms in total. The molecule has 0 aromatic heterocycles. The fourth-order valence-corrected chi connectivity index (χ4v) is 3.09. The number of hydrogen-bond donors (Lipinski definition) is 0. The van der Waals surface area contributed by atoms with Crippen molar-refractivity contribution in [2.75, 3.05) is 13.2 Å². The van der Waals surface area contributed by atoms with Gasteiger partial charge in [0.25, 0.3) is 0 Å². The first-order chi connectivity index (χ1) is 9.22. The number of benzene rings is 1. The van der Waals surface area contributed by atoms with Crippen molar-refractivity contribution in [3.8, 4) is 5.75 Å². The van der Waals surface area contributed by atoms with E-state index < -0.39 is 0 Å². The number of Topliss-reactive ketones (excluding diaryl/α,β-unsaturated/α-hetero) is 1. The number of ketones is 1. The van der Waals surface area contributed by atoms with E-state index in [2.05, 4.69) is 0 Å². The second kappa shape index (κ2) is 4.68. The van der Waals surface area contributed by atoms with Crippen LogP contribution in [0.1, 0.15) is 41.6 Å². The van der Waals surface area contributed by atoms with Gasteiger partial charge in [0.15, 0.2) is 5.78 Å². The molecule has 1 aliphatic heterocycles. The van der Waals surface area contributed by atoms with Gasteiger partial charge in [-0.2, -0.15) is 0 Å². The van der Waals surface area contributed by atoms with Gasteiger partial charge in [0.2, 0.25) is 0 Å². The van der Waals surface area contributed by atoms with Gasteiger partial charge in [-0.3, -0.25) is 9.59 Å². The Kier molecular flexibility index (Phi) is 3.01. The van der Waals surface area contributed by atoms with E-state index in [1.165, 1.54) is 0 Å².